The first kappa shape index (κ1) is 24.7. The number of piperidine rings is 1. The van der Waals surface area contributed by atoms with Gasteiger partial charge in [0.05, 0.1) is 19.3 Å². The number of aromatic nitrogens is 3. The van der Waals surface area contributed by atoms with E-state index in [9.17, 15) is 0 Å². The normalized spacial score (nSPS) is 18.6. The van der Waals surface area contributed by atoms with Crippen LogP contribution in [0.15, 0.2) is 36.7 Å². The number of anilines is 4. The van der Waals surface area contributed by atoms with Crippen molar-refractivity contribution in [1.29, 1.82) is 0 Å². The van der Waals surface area contributed by atoms with Crippen LogP contribution in [0.1, 0.15) is 51.5 Å². The second-order valence-electron chi connectivity index (χ2n) is 10.2. The monoisotopic (exact) mass is 490 g/mol. The SMILES string of the molecule is COCCOC1CCN(c2nccc(Nc3cc4c(C(C)C)ccc(N5CC[C@H]5C)c4cn3)n2)CC1. The lowest BCUT2D eigenvalue weighted by molar-refractivity contribution is 0.00598. The van der Waals surface area contributed by atoms with E-state index in [1.54, 1.807) is 7.11 Å². The molecule has 1 N–H and O–H groups in total. The molecule has 8 heteroatoms. The molecule has 4 heterocycles. The van der Waals surface area contributed by atoms with Crippen LogP contribution in [0.25, 0.3) is 10.8 Å². The Balaban J connectivity index is 1.32. The summed E-state index contributed by atoms with van der Waals surface area (Å²) in [5, 5.41) is 5.90. The Morgan fingerprint density at radius 2 is 1.83 bits per heavy atom. The zero-order chi connectivity index (χ0) is 25.1. The molecule has 0 radical (unpaired) electrons. The van der Waals surface area contributed by atoms with Gasteiger partial charge in [-0.3, -0.25) is 0 Å². The first-order valence-electron chi connectivity index (χ1n) is 13.2. The van der Waals surface area contributed by atoms with Gasteiger partial charge in [-0.1, -0.05) is 19.9 Å². The van der Waals surface area contributed by atoms with Gasteiger partial charge < -0.3 is 24.6 Å². The molecule has 3 aromatic rings. The zero-order valence-corrected chi connectivity index (χ0v) is 21.9. The van der Waals surface area contributed by atoms with Gasteiger partial charge in [0.25, 0.3) is 0 Å². The minimum Gasteiger partial charge on any atom is -0.382 e. The Morgan fingerprint density at radius 1 is 1.00 bits per heavy atom. The molecule has 0 saturated carbocycles. The Bertz CT molecular complexity index is 1180. The predicted octanol–water partition coefficient (Wildman–Crippen LogP) is 5.12. The third kappa shape index (κ3) is 5.25. The van der Waals surface area contributed by atoms with Crippen molar-refractivity contribution in [3.63, 3.8) is 0 Å². The molecule has 0 unspecified atom stereocenters. The molecule has 0 aliphatic carbocycles. The number of hydrogen-bond acceptors (Lipinski definition) is 8. The van der Waals surface area contributed by atoms with E-state index in [4.69, 9.17) is 19.4 Å². The number of benzene rings is 1. The van der Waals surface area contributed by atoms with Crippen molar-refractivity contribution in [2.75, 3.05) is 55.1 Å². The molecule has 0 bridgehead atoms. The summed E-state index contributed by atoms with van der Waals surface area (Å²) < 4.78 is 11.0. The number of ether oxygens (including phenoxy) is 2. The van der Waals surface area contributed by atoms with Gasteiger partial charge in [-0.2, -0.15) is 4.98 Å². The minimum absolute atomic E-state index is 0.277. The molecular formula is C28H38N6O2. The van der Waals surface area contributed by atoms with Gasteiger partial charge in [-0.25, -0.2) is 9.97 Å². The lowest BCUT2D eigenvalue weighted by Gasteiger charge is -2.41. The molecule has 36 heavy (non-hydrogen) atoms. The van der Waals surface area contributed by atoms with Gasteiger partial charge in [0.1, 0.15) is 11.6 Å². The number of methoxy groups -OCH3 is 1. The number of nitrogens with zero attached hydrogens (tertiary/aromatic N) is 5. The van der Waals surface area contributed by atoms with Gasteiger partial charge in [-0.05, 0) is 61.3 Å². The highest BCUT2D eigenvalue weighted by Gasteiger charge is 2.26. The van der Waals surface area contributed by atoms with Gasteiger partial charge in [0, 0.05) is 56.3 Å². The number of pyridine rings is 1. The summed E-state index contributed by atoms with van der Waals surface area (Å²) in [6, 6.07) is 9.20. The molecule has 1 aromatic carbocycles. The fourth-order valence-electron chi connectivity index (χ4n) is 5.17. The van der Waals surface area contributed by atoms with Crippen molar-refractivity contribution < 1.29 is 9.47 Å². The lowest BCUT2D eigenvalue weighted by atomic mass is 9.94. The molecule has 2 aromatic heterocycles. The van der Waals surface area contributed by atoms with Crippen LogP contribution in [-0.4, -0.2) is 67.1 Å². The zero-order valence-electron chi connectivity index (χ0n) is 21.9. The van der Waals surface area contributed by atoms with E-state index in [1.807, 2.05) is 18.5 Å². The first-order valence-corrected chi connectivity index (χ1v) is 13.2. The first-order chi connectivity index (χ1) is 17.5. The number of hydrogen-bond donors (Lipinski definition) is 1. The molecule has 192 valence electrons. The predicted molar refractivity (Wildman–Crippen MR) is 146 cm³/mol. The van der Waals surface area contributed by atoms with Crippen molar-refractivity contribution in [2.24, 2.45) is 0 Å². The molecule has 0 amide bonds. The third-order valence-electron chi connectivity index (χ3n) is 7.43. The second-order valence-corrected chi connectivity index (χ2v) is 10.2. The summed E-state index contributed by atoms with van der Waals surface area (Å²) in [5.41, 5.74) is 2.62. The van der Waals surface area contributed by atoms with Gasteiger partial charge >= 0.3 is 0 Å². The second kappa shape index (κ2) is 11.0. The van der Waals surface area contributed by atoms with Crippen LogP contribution in [0.4, 0.5) is 23.3 Å². The summed E-state index contributed by atoms with van der Waals surface area (Å²) in [4.78, 5) is 18.8. The molecule has 2 saturated heterocycles. The molecule has 0 spiro atoms. The fourth-order valence-corrected chi connectivity index (χ4v) is 5.17. The number of fused-ring (bicyclic) bond motifs is 1. The van der Waals surface area contributed by atoms with Gasteiger partial charge in [0.15, 0.2) is 0 Å². The Morgan fingerprint density at radius 3 is 2.53 bits per heavy atom. The van der Waals surface area contributed by atoms with E-state index in [0.717, 1.165) is 50.1 Å². The van der Waals surface area contributed by atoms with Gasteiger partial charge in [0.2, 0.25) is 5.95 Å². The molecule has 8 nitrogen and oxygen atoms in total. The van der Waals surface area contributed by atoms with E-state index in [-0.39, 0.29) is 6.10 Å². The van der Waals surface area contributed by atoms with Crippen LogP contribution >= 0.6 is 0 Å². The summed E-state index contributed by atoms with van der Waals surface area (Å²) >= 11 is 0. The number of nitrogens with one attached hydrogen (secondary N) is 1. The van der Waals surface area contributed by atoms with Crippen LogP contribution in [0.3, 0.4) is 0 Å². The summed E-state index contributed by atoms with van der Waals surface area (Å²) in [6.07, 6.45) is 7.28. The van der Waals surface area contributed by atoms with Crippen molar-refractivity contribution in [1.82, 2.24) is 15.0 Å². The van der Waals surface area contributed by atoms with Crippen molar-refractivity contribution in [2.45, 2.75) is 58.1 Å². The molecule has 2 aliphatic rings. The average Bonchev–Trinajstić information content (AvgIpc) is 2.88. The van der Waals surface area contributed by atoms with Crippen LogP contribution in [0, 0.1) is 0 Å². The Hall–Kier alpha value is -2.97. The molecule has 1 atom stereocenters. The standard InChI is InChI=1S/C28H38N6O2/c1-19(2)22-5-6-25(34-14-8-20(34)3)24-18-30-27(17-23(22)24)31-26-7-11-29-28(32-26)33-12-9-21(10-13-33)36-16-15-35-4/h5-7,11,17-21H,8-10,12-16H2,1-4H3,(H,29,30,31,32)/t20-/m1/s1. The van der Waals surface area contributed by atoms with Crippen LogP contribution in [-0.2, 0) is 9.47 Å². The number of rotatable bonds is 9. The van der Waals surface area contributed by atoms with E-state index < -0.39 is 0 Å². The molecule has 5 rings (SSSR count). The maximum Gasteiger partial charge on any atom is 0.227 e. The van der Waals surface area contributed by atoms with E-state index in [0.29, 0.717) is 25.2 Å². The van der Waals surface area contributed by atoms with E-state index >= 15 is 0 Å². The van der Waals surface area contributed by atoms with Crippen LogP contribution in [0.5, 0.6) is 0 Å². The van der Waals surface area contributed by atoms with E-state index in [1.165, 1.54) is 28.4 Å². The van der Waals surface area contributed by atoms with Crippen molar-refractivity contribution in [3.8, 4) is 0 Å². The summed E-state index contributed by atoms with van der Waals surface area (Å²) in [6.45, 7) is 10.9. The maximum atomic E-state index is 5.90. The van der Waals surface area contributed by atoms with Crippen molar-refractivity contribution >= 4 is 34.0 Å². The fraction of sp³-hybridized carbons (Fsp3) is 0.536. The smallest absolute Gasteiger partial charge is 0.227 e. The Labute approximate surface area is 214 Å². The maximum absolute atomic E-state index is 5.90. The van der Waals surface area contributed by atoms with E-state index in [2.05, 4.69) is 59.1 Å². The average molecular weight is 491 g/mol. The van der Waals surface area contributed by atoms with Crippen LogP contribution in [0.2, 0.25) is 0 Å². The topological polar surface area (TPSA) is 75.6 Å². The largest absolute Gasteiger partial charge is 0.382 e. The summed E-state index contributed by atoms with van der Waals surface area (Å²) in [5.74, 6) is 2.72. The third-order valence-corrected chi connectivity index (χ3v) is 7.43. The quantitative estimate of drug-likeness (QED) is 0.414. The highest BCUT2D eigenvalue weighted by Crippen LogP contribution is 2.37. The Kier molecular flexibility index (Phi) is 7.53. The highest BCUT2D eigenvalue weighted by atomic mass is 16.5. The summed E-state index contributed by atoms with van der Waals surface area (Å²) in [7, 11) is 1.70. The van der Waals surface area contributed by atoms with Gasteiger partial charge in [-0.15, -0.1) is 0 Å². The van der Waals surface area contributed by atoms with Crippen LogP contribution < -0.4 is 15.1 Å². The van der Waals surface area contributed by atoms with Crippen molar-refractivity contribution in [3.05, 3.63) is 42.2 Å². The highest BCUT2D eigenvalue weighted by molar-refractivity contribution is 5.98. The molecule has 2 fully saturated rings. The minimum atomic E-state index is 0.277. The molecular weight excluding hydrogens is 452 g/mol. The molecule has 2 aliphatic heterocycles. The lowest BCUT2D eigenvalue weighted by Crippen LogP contribution is -2.45.